The highest BCUT2D eigenvalue weighted by Crippen LogP contribution is 2.39. The van der Waals surface area contributed by atoms with Crippen LogP contribution in [0, 0.1) is 5.92 Å². The van der Waals surface area contributed by atoms with E-state index in [9.17, 15) is 18.0 Å². The van der Waals surface area contributed by atoms with Gasteiger partial charge in [-0.3, -0.25) is 14.6 Å². The van der Waals surface area contributed by atoms with Gasteiger partial charge in [-0.1, -0.05) is 30.3 Å². The number of benzene rings is 2. The third-order valence-electron chi connectivity index (χ3n) is 7.54. The number of amides is 1. The number of rotatable bonds is 6. The van der Waals surface area contributed by atoms with Crippen LogP contribution in [0.4, 0.5) is 18.9 Å². The number of nitrogens with zero attached hydrogens (tertiary/aromatic N) is 3. The summed E-state index contributed by atoms with van der Waals surface area (Å²) in [4.78, 5) is 20.2. The maximum atomic E-state index is 13.4. The molecule has 2 aromatic carbocycles. The first kappa shape index (κ1) is 25.0. The lowest BCUT2D eigenvalue weighted by Gasteiger charge is -2.49. The van der Waals surface area contributed by atoms with E-state index in [0.717, 1.165) is 44.5 Å². The maximum Gasteiger partial charge on any atom is 0.416 e. The molecule has 0 spiro atoms. The van der Waals surface area contributed by atoms with Crippen molar-refractivity contribution in [3.63, 3.8) is 0 Å². The minimum Gasteiger partial charge on any atom is -0.379 e. The monoisotopic (exact) mass is 502 g/mol. The molecule has 0 aromatic heterocycles. The molecule has 3 aliphatic rings. The summed E-state index contributed by atoms with van der Waals surface area (Å²) in [5.74, 6) is -0.493. The van der Waals surface area contributed by atoms with Crippen molar-refractivity contribution in [2.75, 3.05) is 63.9 Å². The lowest BCUT2D eigenvalue weighted by molar-refractivity contribution is -0.137. The van der Waals surface area contributed by atoms with E-state index in [1.807, 2.05) is 18.2 Å². The average molecular weight is 503 g/mol. The standard InChI is InChI=1S/C27H33F3N4O2/c28-27(29,30)22-6-7-24-21(16-22)17-23(26(35)31-8-9-32-12-14-36-15-13-32)25-19-33(10-11-34(24)25)18-20-4-2-1-3-5-20/h1-7,16,23,25H,8-15,17-19H2,(H,31,35)/t23-,25+/m1/s1. The Kier molecular flexibility index (Phi) is 7.50. The summed E-state index contributed by atoms with van der Waals surface area (Å²) in [5, 5.41) is 3.08. The molecule has 0 aliphatic carbocycles. The molecule has 3 heterocycles. The molecule has 2 atom stereocenters. The van der Waals surface area contributed by atoms with Crippen molar-refractivity contribution in [2.45, 2.75) is 25.2 Å². The Morgan fingerprint density at radius 1 is 1.00 bits per heavy atom. The lowest BCUT2D eigenvalue weighted by atomic mass is 9.82. The van der Waals surface area contributed by atoms with Crippen LogP contribution in [0.2, 0.25) is 0 Å². The number of anilines is 1. The molecule has 0 radical (unpaired) electrons. The first-order valence-corrected chi connectivity index (χ1v) is 12.7. The minimum absolute atomic E-state index is 0.0807. The Morgan fingerprint density at radius 2 is 1.78 bits per heavy atom. The van der Waals surface area contributed by atoms with E-state index in [1.54, 1.807) is 6.07 Å². The number of hydrogen-bond donors (Lipinski definition) is 1. The normalized spacial score (nSPS) is 23.1. The second kappa shape index (κ2) is 10.8. The third-order valence-corrected chi connectivity index (χ3v) is 7.54. The van der Waals surface area contributed by atoms with Crippen LogP contribution in [0.15, 0.2) is 48.5 Å². The molecule has 3 aliphatic heterocycles. The summed E-state index contributed by atoms with van der Waals surface area (Å²) >= 11 is 0. The largest absolute Gasteiger partial charge is 0.416 e. The number of carbonyl (C=O) groups excluding carboxylic acids is 1. The molecule has 36 heavy (non-hydrogen) atoms. The molecule has 1 amide bonds. The van der Waals surface area contributed by atoms with E-state index in [2.05, 4.69) is 32.1 Å². The van der Waals surface area contributed by atoms with E-state index in [4.69, 9.17) is 4.74 Å². The van der Waals surface area contributed by atoms with Gasteiger partial charge in [-0.15, -0.1) is 0 Å². The molecule has 6 nitrogen and oxygen atoms in total. The van der Waals surface area contributed by atoms with Gasteiger partial charge in [-0.25, -0.2) is 0 Å². The zero-order chi connectivity index (χ0) is 25.1. The van der Waals surface area contributed by atoms with Gasteiger partial charge in [-0.05, 0) is 35.7 Å². The molecule has 0 bridgehead atoms. The number of carbonyl (C=O) groups is 1. The fourth-order valence-electron chi connectivity index (χ4n) is 5.64. The van der Waals surface area contributed by atoms with Gasteiger partial charge in [0.05, 0.1) is 30.7 Å². The summed E-state index contributed by atoms with van der Waals surface area (Å²) in [7, 11) is 0. The summed E-state index contributed by atoms with van der Waals surface area (Å²) in [6.45, 7) is 7.29. The molecule has 5 rings (SSSR count). The topological polar surface area (TPSA) is 48.1 Å². The van der Waals surface area contributed by atoms with Crippen LogP contribution < -0.4 is 10.2 Å². The summed E-state index contributed by atoms with van der Waals surface area (Å²) in [6, 6.07) is 14.1. The van der Waals surface area contributed by atoms with Crippen molar-refractivity contribution < 1.29 is 22.7 Å². The highest BCUT2D eigenvalue weighted by Gasteiger charge is 2.42. The van der Waals surface area contributed by atoms with Crippen LogP contribution in [0.3, 0.4) is 0 Å². The Labute approximate surface area is 210 Å². The van der Waals surface area contributed by atoms with Crippen LogP contribution in [0.1, 0.15) is 16.7 Å². The molecular weight excluding hydrogens is 469 g/mol. The molecule has 2 saturated heterocycles. The van der Waals surface area contributed by atoms with Gasteiger partial charge in [0, 0.05) is 58.0 Å². The van der Waals surface area contributed by atoms with Crippen molar-refractivity contribution in [1.29, 1.82) is 0 Å². The van der Waals surface area contributed by atoms with Crippen LogP contribution in [-0.4, -0.2) is 80.8 Å². The van der Waals surface area contributed by atoms with Crippen LogP contribution >= 0.6 is 0 Å². The summed E-state index contributed by atoms with van der Waals surface area (Å²) < 4.78 is 45.7. The van der Waals surface area contributed by atoms with Gasteiger partial charge in [0.1, 0.15) is 0 Å². The Balaban J connectivity index is 1.33. The predicted molar refractivity (Wildman–Crippen MR) is 132 cm³/mol. The molecule has 0 saturated carbocycles. The number of halogens is 3. The van der Waals surface area contributed by atoms with E-state index in [-0.39, 0.29) is 11.9 Å². The second-order valence-corrected chi connectivity index (χ2v) is 9.88. The van der Waals surface area contributed by atoms with E-state index in [1.165, 1.54) is 11.6 Å². The lowest BCUT2D eigenvalue weighted by Crippen LogP contribution is -2.61. The molecule has 2 aromatic rings. The van der Waals surface area contributed by atoms with Crippen molar-refractivity contribution in [1.82, 2.24) is 15.1 Å². The molecule has 9 heteroatoms. The fourth-order valence-corrected chi connectivity index (χ4v) is 5.64. The van der Waals surface area contributed by atoms with Gasteiger partial charge in [0.2, 0.25) is 5.91 Å². The number of nitrogens with one attached hydrogen (secondary N) is 1. The first-order valence-electron chi connectivity index (χ1n) is 12.7. The Bertz CT molecular complexity index is 1040. The zero-order valence-corrected chi connectivity index (χ0v) is 20.3. The molecule has 2 fully saturated rings. The molecular formula is C27H33F3N4O2. The minimum atomic E-state index is -4.41. The number of piperazine rings is 1. The van der Waals surface area contributed by atoms with Crippen LogP contribution in [-0.2, 0) is 28.7 Å². The third kappa shape index (κ3) is 5.68. The summed E-state index contributed by atoms with van der Waals surface area (Å²) in [5.41, 5.74) is 1.98. The highest BCUT2D eigenvalue weighted by molar-refractivity contribution is 5.82. The van der Waals surface area contributed by atoms with E-state index in [0.29, 0.717) is 44.8 Å². The van der Waals surface area contributed by atoms with Gasteiger partial charge in [0.25, 0.3) is 0 Å². The number of alkyl halides is 3. The van der Waals surface area contributed by atoms with E-state index >= 15 is 0 Å². The van der Waals surface area contributed by atoms with E-state index < -0.39 is 17.7 Å². The smallest absolute Gasteiger partial charge is 0.379 e. The van der Waals surface area contributed by atoms with Crippen molar-refractivity contribution >= 4 is 11.6 Å². The van der Waals surface area contributed by atoms with Crippen molar-refractivity contribution in [2.24, 2.45) is 5.92 Å². The second-order valence-electron chi connectivity index (χ2n) is 9.88. The van der Waals surface area contributed by atoms with Gasteiger partial charge in [-0.2, -0.15) is 13.2 Å². The number of hydrogen-bond acceptors (Lipinski definition) is 5. The highest BCUT2D eigenvalue weighted by atomic mass is 19.4. The van der Waals surface area contributed by atoms with Gasteiger partial charge in [0.15, 0.2) is 0 Å². The molecule has 1 N–H and O–H groups in total. The predicted octanol–water partition coefficient (Wildman–Crippen LogP) is 3.02. The van der Waals surface area contributed by atoms with Gasteiger partial charge >= 0.3 is 6.18 Å². The zero-order valence-electron chi connectivity index (χ0n) is 20.3. The maximum absolute atomic E-state index is 13.4. The van der Waals surface area contributed by atoms with Crippen LogP contribution in [0.5, 0.6) is 0 Å². The van der Waals surface area contributed by atoms with Crippen LogP contribution in [0.25, 0.3) is 0 Å². The SMILES string of the molecule is O=C(NCCN1CCOCC1)[C@@H]1Cc2cc(C(F)(F)F)ccc2N2CCN(Cc3ccccc3)C[C@@H]12. The fraction of sp³-hybridized carbons (Fsp3) is 0.519. The number of morpholine rings is 1. The first-order chi connectivity index (χ1) is 17.4. The quantitative estimate of drug-likeness (QED) is 0.658. The van der Waals surface area contributed by atoms with Gasteiger partial charge < -0.3 is 15.0 Å². The molecule has 194 valence electrons. The summed E-state index contributed by atoms with van der Waals surface area (Å²) in [6.07, 6.45) is -4.10. The number of ether oxygens (including phenoxy) is 1. The Morgan fingerprint density at radius 3 is 2.53 bits per heavy atom. The Hall–Kier alpha value is -2.62. The van der Waals surface area contributed by atoms with Crippen molar-refractivity contribution in [3.05, 3.63) is 65.2 Å². The van der Waals surface area contributed by atoms with Crippen molar-refractivity contribution in [3.8, 4) is 0 Å². The number of fused-ring (bicyclic) bond motifs is 3. The average Bonchev–Trinajstić information content (AvgIpc) is 2.88. The molecule has 0 unspecified atom stereocenters.